The summed E-state index contributed by atoms with van der Waals surface area (Å²) in [4.78, 5) is 0. The second kappa shape index (κ2) is 13.5. The Morgan fingerprint density at radius 2 is 0.590 bits per heavy atom. The number of hydrogen-bond acceptors (Lipinski definition) is 1. The summed E-state index contributed by atoms with van der Waals surface area (Å²) in [6, 6.07) is 81.3. The number of fused-ring (bicyclic) bond motifs is 9. The molecule has 282 valence electrons. The van der Waals surface area contributed by atoms with Crippen LogP contribution >= 0.6 is 11.3 Å². The summed E-state index contributed by atoms with van der Waals surface area (Å²) < 4.78 is 2.62. The maximum atomic E-state index is 2.45. The smallest absolute Gasteiger partial charge is 0.0434 e. The predicted octanol–water partition coefficient (Wildman–Crippen LogP) is 17.6. The van der Waals surface area contributed by atoms with Crippen molar-refractivity contribution in [2.45, 2.75) is 0 Å². The molecule has 0 aliphatic carbocycles. The Hall–Kier alpha value is -7.58. The fourth-order valence-corrected chi connectivity index (χ4v) is 11.6. The highest BCUT2D eigenvalue weighted by Gasteiger charge is 2.21. The van der Waals surface area contributed by atoms with E-state index in [1.54, 1.807) is 0 Å². The van der Waals surface area contributed by atoms with Crippen LogP contribution in [0.15, 0.2) is 218 Å². The second-order valence-corrected chi connectivity index (χ2v) is 17.4. The van der Waals surface area contributed by atoms with Crippen LogP contribution in [0.5, 0.6) is 0 Å². The van der Waals surface area contributed by atoms with Gasteiger partial charge in [0.25, 0.3) is 0 Å². The van der Waals surface area contributed by atoms with Gasteiger partial charge < -0.3 is 0 Å². The van der Waals surface area contributed by atoms with Crippen LogP contribution in [0.3, 0.4) is 0 Å². The molecular formula is C60H36S. The van der Waals surface area contributed by atoms with Crippen molar-refractivity contribution in [1.29, 1.82) is 0 Å². The summed E-state index contributed by atoms with van der Waals surface area (Å²) >= 11 is 1.92. The van der Waals surface area contributed by atoms with Crippen molar-refractivity contribution in [2.24, 2.45) is 0 Å². The lowest BCUT2D eigenvalue weighted by molar-refractivity contribution is 1.69. The van der Waals surface area contributed by atoms with E-state index in [1.807, 2.05) is 11.3 Å². The van der Waals surface area contributed by atoms with Gasteiger partial charge >= 0.3 is 0 Å². The van der Waals surface area contributed by atoms with E-state index in [9.17, 15) is 0 Å². The SMILES string of the molecule is c1ccc2cc(-c3c4ccccc4c(-c4ccc5c(c4)sc4c(-c6c7ccccc7c(-c7ccc8ccccc8c7)c7ccccc67)cccc45)c4ccccc34)ccc2c1. The average Bonchev–Trinajstić information content (AvgIpc) is 3.70. The van der Waals surface area contributed by atoms with E-state index in [0.29, 0.717) is 0 Å². The van der Waals surface area contributed by atoms with Gasteiger partial charge in [0.2, 0.25) is 0 Å². The van der Waals surface area contributed by atoms with Crippen LogP contribution in [-0.4, -0.2) is 0 Å². The van der Waals surface area contributed by atoms with Crippen molar-refractivity contribution in [3.8, 4) is 44.5 Å². The molecule has 0 nitrogen and oxygen atoms in total. The molecule has 0 radical (unpaired) electrons. The molecule has 0 aliphatic heterocycles. The molecule has 0 bridgehead atoms. The molecule has 13 rings (SSSR count). The first kappa shape index (κ1) is 34.3. The molecule has 61 heavy (non-hydrogen) atoms. The van der Waals surface area contributed by atoms with Crippen LogP contribution < -0.4 is 0 Å². The minimum absolute atomic E-state index is 1.24. The van der Waals surface area contributed by atoms with E-state index in [0.717, 1.165) is 0 Å². The lowest BCUT2D eigenvalue weighted by Gasteiger charge is -2.18. The summed E-state index contributed by atoms with van der Waals surface area (Å²) in [6.07, 6.45) is 0. The summed E-state index contributed by atoms with van der Waals surface area (Å²) in [7, 11) is 0. The molecule has 13 aromatic rings. The molecule has 0 atom stereocenters. The molecule has 0 saturated heterocycles. The summed E-state index contributed by atoms with van der Waals surface area (Å²) in [5, 5.41) is 17.8. The molecule has 0 N–H and O–H groups in total. The zero-order valence-corrected chi connectivity index (χ0v) is 34.0. The Kier molecular flexibility index (Phi) is 7.58. The molecule has 0 spiro atoms. The van der Waals surface area contributed by atoms with Gasteiger partial charge in [0.15, 0.2) is 0 Å². The highest BCUT2D eigenvalue weighted by molar-refractivity contribution is 7.26. The predicted molar refractivity (Wildman–Crippen MR) is 266 cm³/mol. The number of hydrogen-bond donors (Lipinski definition) is 0. The van der Waals surface area contributed by atoms with E-state index >= 15 is 0 Å². The van der Waals surface area contributed by atoms with Crippen LogP contribution in [0, 0.1) is 0 Å². The molecule has 1 aromatic heterocycles. The van der Waals surface area contributed by atoms with Crippen LogP contribution in [0.1, 0.15) is 0 Å². The standard InChI is InChI=1S/C60H36S/c1-3-16-39-34-41(30-28-37(39)14-1)56-45-18-5-7-20-47(45)58(48-21-8-6-19-46(48)56)43-32-33-44-53-26-13-27-54(60(53)61-55(44)36-43)59-51-24-11-9-22-49(51)57(50-23-10-12-25-52(50)59)42-31-29-38-15-2-4-17-40(38)35-42/h1-36H. The van der Waals surface area contributed by atoms with Gasteiger partial charge in [0, 0.05) is 25.7 Å². The quantitative estimate of drug-likeness (QED) is 0.156. The third-order valence-electron chi connectivity index (χ3n) is 13.0. The van der Waals surface area contributed by atoms with Crippen molar-refractivity contribution >= 4 is 96.1 Å². The molecule has 12 aromatic carbocycles. The molecule has 1 heteroatoms. The molecule has 0 saturated carbocycles. The Morgan fingerprint density at radius 1 is 0.230 bits per heavy atom. The normalized spacial score (nSPS) is 11.9. The lowest BCUT2D eigenvalue weighted by atomic mass is 9.85. The highest BCUT2D eigenvalue weighted by Crippen LogP contribution is 2.50. The number of benzene rings is 12. The minimum Gasteiger partial charge on any atom is -0.135 e. The molecule has 0 aliphatic rings. The van der Waals surface area contributed by atoms with Crippen LogP contribution in [0.2, 0.25) is 0 Å². The number of rotatable bonds is 4. The van der Waals surface area contributed by atoms with Gasteiger partial charge in [-0.2, -0.15) is 0 Å². The first-order valence-electron chi connectivity index (χ1n) is 21.1. The Balaban J connectivity index is 1.03. The van der Waals surface area contributed by atoms with E-state index in [-0.39, 0.29) is 0 Å². The van der Waals surface area contributed by atoms with E-state index in [1.165, 1.54) is 129 Å². The highest BCUT2D eigenvalue weighted by atomic mass is 32.1. The molecule has 1 heterocycles. The van der Waals surface area contributed by atoms with Gasteiger partial charge in [-0.25, -0.2) is 0 Å². The lowest BCUT2D eigenvalue weighted by Crippen LogP contribution is -1.91. The van der Waals surface area contributed by atoms with E-state index in [4.69, 9.17) is 0 Å². The summed E-state index contributed by atoms with van der Waals surface area (Å²) in [5.41, 5.74) is 10.2. The largest absolute Gasteiger partial charge is 0.135 e. The second-order valence-electron chi connectivity index (χ2n) is 16.3. The molecule has 0 amide bonds. The zero-order chi connectivity index (χ0) is 40.0. The van der Waals surface area contributed by atoms with Crippen molar-refractivity contribution < 1.29 is 0 Å². The van der Waals surface area contributed by atoms with Gasteiger partial charge in [0.1, 0.15) is 0 Å². The third-order valence-corrected chi connectivity index (χ3v) is 14.2. The third kappa shape index (κ3) is 5.24. The Labute approximate surface area is 357 Å². The maximum Gasteiger partial charge on any atom is 0.0434 e. The molecular weight excluding hydrogens is 753 g/mol. The van der Waals surface area contributed by atoms with Crippen LogP contribution in [0.4, 0.5) is 0 Å². The summed E-state index contributed by atoms with van der Waals surface area (Å²) in [6.45, 7) is 0. The topological polar surface area (TPSA) is 0 Å². The van der Waals surface area contributed by atoms with Crippen molar-refractivity contribution in [3.63, 3.8) is 0 Å². The van der Waals surface area contributed by atoms with E-state index < -0.39 is 0 Å². The molecule has 0 fully saturated rings. The monoisotopic (exact) mass is 788 g/mol. The van der Waals surface area contributed by atoms with Gasteiger partial charge in [-0.3, -0.25) is 0 Å². The minimum atomic E-state index is 1.24. The van der Waals surface area contributed by atoms with Crippen LogP contribution in [-0.2, 0) is 0 Å². The first-order valence-corrected chi connectivity index (χ1v) is 21.9. The van der Waals surface area contributed by atoms with Gasteiger partial charge in [-0.15, -0.1) is 11.3 Å². The number of thiophene rings is 1. The van der Waals surface area contributed by atoms with Gasteiger partial charge in [0.05, 0.1) is 0 Å². The van der Waals surface area contributed by atoms with E-state index in [2.05, 4.69) is 218 Å². The van der Waals surface area contributed by atoms with Gasteiger partial charge in [-0.05, 0) is 122 Å². The summed E-state index contributed by atoms with van der Waals surface area (Å²) in [5.74, 6) is 0. The first-order chi connectivity index (χ1) is 30.3. The maximum absolute atomic E-state index is 2.45. The molecule has 0 unspecified atom stereocenters. The Bertz CT molecular complexity index is 3830. The fraction of sp³-hybridized carbons (Fsp3) is 0. The van der Waals surface area contributed by atoms with Crippen molar-refractivity contribution in [1.82, 2.24) is 0 Å². The van der Waals surface area contributed by atoms with Crippen molar-refractivity contribution in [2.75, 3.05) is 0 Å². The van der Waals surface area contributed by atoms with Gasteiger partial charge in [-0.1, -0.05) is 200 Å². The Morgan fingerprint density at radius 3 is 1.05 bits per heavy atom. The van der Waals surface area contributed by atoms with Crippen molar-refractivity contribution in [3.05, 3.63) is 218 Å². The average molecular weight is 789 g/mol. The fourth-order valence-electron chi connectivity index (χ4n) is 10.3. The zero-order valence-electron chi connectivity index (χ0n) is 33.2. The van der Waals surface area contributed by atoms with Crippen LogP contribution in [0.25, 0.3) is 129 Å².